The Balaban J connectivity index is 1.49. The fourth-order valence-corrected chi connectivity index (χ4v) is 3.05. The molecule has 0 aromatic heterocycles. The van der Waals surface area contributed by atoms with Gasteiger partial charge in [0.05, 0.1) is 5.56 Å². The largest absolute Gasteiger partial charge is 0.478 e. The number of hydrogen-bond acceptors (Lipinski definition) is 3. The summed E-state index contributed by atoms with van der Waals surface area (Å²) in [5.41, 5.74) is 2.03. The molecule has 0 bridgehead atoms. The van der Waals surface area contributed by atoms with E-state index in [0.717, 1.165) is 37.6 Å². The van der Waals surface area contributed by atoms with Crippen LogP contribution in [0.4, 0.5) is 14.5 Å². The number of benzene rings is 2. The zero-order chi connectivity index (χ0) is 17.8. The number of aromatic carboxylic acids is 1. The predicted molar refractivity (Wildman–Crippen MR) is 91.8 cm³/mol. The normalized spacial score (nSPS) is 15.4. The standard InChI is InChI=1S/C19H20F2N2O2/c20-17-6-5-16(11-18(17)21)23-9-7-15(8-10-23)22-12-13-1-3-14(4-2-13)19(24)25/h1-6,11,15,22H,7-10,12H2,(H,24,25). The Morgan fingerprint density at radius 1 is 1.08 bits per heavy atom. The van der Waals surface area contributed by atoms with Gasteiger partial charge in [0.15, 0.2) is 11.6 Å². The highest BCUT2D eigenvalue weighted by molar-refractivity contribution is 5.87. The first-order valence-electron chi connectivity index (χ1n) is 8.28. The van der Waals surface area contributed by atoms with E-state index in [0.29, 0.717) is 18.3 Å². The van der Waals surface area contributed by atoms with E-state index in [9.17, 15) is 13.6 Å². The van der Waals surface area contributed by atoms with Crippen molar-refractivity contribution in [3.8, 4) is 0 Å². The van der Waals surface area contributed by atoms with E-state index < -0.39 is 17.6 Å². The third-order valence-electron chi connectivity index (χ3n) is 4.56. The number of piperidine rings is 1. The summed E-state index contributed by atoms with van der Waals surface area (Å²) in [5.74, 6) is -2.57. The molecule has 132 valence electrons. The maximum Gasteiger partial charge on any atom is 0.335 e. The first-order valence-corrected chi connectivity index (χ1v) is 8.28. The minimum Gasteiger partial charge on any atom is -0.478 e. The number of halogens is 2. The van der Waals surface area contributed by atoms with Gasteiger partial charge in [-0.1, -0.05) is 12.1 Å². The summed E-state index contributed by atoms with van der Waals surface area (Å²) >= 11 is 0. The molecule has 1 aliphatic heterocycles. The van der Waals surface area contributed by atoms with Gasteiger partial charge in [0.2, 0.25) is 0 Å². The summed E-state index contributed by atoms with van der Waals surface area (Å²) in [4.78, 5) is 12.9. The second kappa shape index (κ2) is 7.61. The molecule has 0 spiro atoms. The highest BCUT2D eigenvalue weighted by Gasteiger charge is 2.19. The molecule has 0 saturated carbocycles. The van der Waals surface area contributed by atoms with Crippen molar-refractivity contribution in [2.75, 3.05) is 18.0 Å². The average molecular weight is 346 g/mol. The lowest BCUT2D eigenvalue weighted by molar-refractivity contribution is 0.0697. The van der Waals surface area contributed by atoms with E-state index in [-0.39, 0.29) is 5.56 Å². The molecule has 2 N–H and O–H groups in total. The third kappa shape index (κ3) is 4.33. The molecular weight excluding hydrogens is 326 g/mol. The van der Waals surface area contributed by atoms with E-state index in [4.69, 9.17) is 5.11 Å². The second-order valence-electron chi connectivity index (χ2n) is 6.24. The molecular formula is C19H20F2N2O2. The molecule has 1 fully saturated rings. The fraction of sp³-hybridized carbons (Fsp3) is 0.316. The Morgan fingerprint density at radius 2 is 1.76 bits per heavy atom. The van der Waals surface area contributed by atoms with Gasteiger partial charge in [-0.2, -0.15) is 0 Å². The molecule has 0 unspecified atom stereocenters. The van der Waals surface area contributed by atoms with Crippen LogP contribution in [0.5, 0.6) is 0 Å². The SMILES string of the molecule is O=C(O)c1ccc(CNC2CCN(c3ccc(F)c(F)c3)CC2)cc1. The summed E-state index contributed by atoms with van der Waals surface area (Å²) in [7, 11) is 0. The van der Waals surface area contributed by atoms with Crippen molar-refractivity contribution < 1.29 is 18.7 Å². The van der Waals surface area contributed by atoms with E-state index in [2.05, 4.69) is 10.2 Å². The van der Waals surface area contributed by atoms with Crippen LogP contribution in [0.1, 0.15) is 28.8 Å². The van der Waals surface area contributed by atoms with Crippen LogP contribution >= 0.6 is 0 Å². The zero-order valence-electron chi connectivity index (χ0n) is 13.7. The molecule has 1 aliphatic rings. The van der Waals surface area contributed by atoms with Gasteiger partial charge >= 0.3 is 5.97 Å². The summed E-state index contributed by atoms with van der Waals surface area (Å²) in [6, 6.07) is 11.2. The third-order valence-corrected chi connectivity index (χ3v) is 4.56. The fourth-order valence-electron chi connectivity index (χ4n) is 3.05. The van der Waals surface area contributed by atoms with Crippen LogP contribution in [0.15, 0.2) is 42.5 Å². The van der Waals surface area contributed by atoms with E-state index in [1.807, 2.05) is 12.1 Å². The summed E-state index contributed by atoms with van der Waals surface area (Å²) < 4.78 is 26.4. The Labute approximate surface area is 145 Å². The van der Waals surface area contributed by atoms with Crippen molar-refractivity contribution in [1.29, 1.82) is 0 Å². The lowest BCUT2D eigenvalue weighted by Gasteiger charge is -2.34. The number of nitrogens with zero attached hydrogens (tertiary/aromatic N) is 1. The molecule has 0 radical (unpaired) electrons. The second-order valence-corrected chi connectivity index (χ2v) is 6.24. The smallest absolute Gasteiger partial charge is 0.335 e. The molecule has 25 heavy (non-hydrogen) atoms. The summed E-state index contributed by atoms with van der Waals surface area (Å²) in [6.45, 7) is 2.23. The summed E-state index contributed by atoms with van der Waals surface area (Å²) in [6.07, 6.45) is 1.82. The average Bonchev–Trinajstić information content (AvgIpc) is 2.63. The van der Waals surface area contributed by atoms with Gasteiger partial charge < -0.3 is 15.3 Å². The molecule has 2 aromatic rings. The van der Waals surface area contributed by atoms with Crippen LogP contribution in [-0.2, 0) is 6.54 Å². The van der Waals surface area contributed by atoms with Crippen molar-refractivity contribution in [3.63, 3.8) is 0 Å². The van der Waals surface area contributed by atoms with Gasteiger partial charge in [0.1, 0.15) is 0 Å². The molecule has 6 heteroatoms. The molecule has 0 atom stereocenters. The quantitative estimate of drug-likeness (QED) is 0.871. The number of anilines is 1. The molecule has 0 amide bonds. The van der Waals surface area contributed by atoms with Crippen molar-refractivity contribution in [1.82, 2.24) is 5.32 Å². The van der Waals surface area contributed by atoms with Crippen LogP contribution < -0.4 is 10.2 Å². The van der Waals surface area contributed by atoms with Crippen LogP contribution in [-0.4, -0.2) is 30.2 Å². The topological polar surface area (TPSA) is 52.6 Å². The maximum atomic E-state index is 13.3. The number of hydrogen-bond donors (Lipinski definition) is 2. The van der Waals surface area contributed by atoms with E-state index in [1.165, 1.54) is 6.07 Å². The first-order chi connectivity index (χ1) is 12.0. The Morgan fingerprint density at radius 3 is 2.36 bits per heavy atom. The Bertz CT molecular complexity index is 742. The highest BCUT2D eigenvalue weighted by Crippen LogP contribution is 2.22. The van der Waals surface area contributed by atoms with E-state index >= 15 is 0 Å². The number of carboxylic acids is 1. The van der Waals surface area contributed by atoms with Gasteiger partial charge in [-0.05, 0) is 42.7 Å². The van der Waals surface area contributed by atoms with Crippen LogP contribution in [0.3, 0.4) is 0 Å². The van der Waals surface area contributed by atoms with Gasteiger partial charge in [0, 0.05) is 37.4 Å². The number of nitrogens with one attached hydrogen (secondary N) is 1. The van der Waals surface area contributed by atoms with Crippen LogP contribution in [0, 0.1) is 11.6 Å². The van der Waals surface area contributed by atoms with Crippen molar-refractivity contribution in [2.24, 2.45) is 0 Å². The molecule has 4 nitrogen and oxygen atoms in total. The molecule has 2 aromatic carbocycles. The van der Waals surface area contributed by atoms with Crippen LogP contribution in [0.25, 0.3) is 0 Å². The van der Waals surface area contributed by atoms with Crippen molar-refractivity contribution >= 4 is 11.7 Å². The lowest BCUT2D eigenvalue weighted by Crippen LogP contribution is -2.42. The minimum absolute atomic E-state index is 0.281. The highest BCUT2D eigenvalue weighted by atomic mass is 19.2. The van der Waals surface area contributed by atoms with Gasteiger partial charge in [-0.25, -0.2) is 13.6 Å². The van der Waals surface area contributed by atoms with Gasteiger partial charge in [-0.15, -0.1) is 0 Å². The number of carboxylic acid groups (broad SMARTS) is 1. The molecule has 3 rings (SSSR count). The number of carbonyl (C=O) groups is 1. The van der Waals surface area contributed by atoms with Crippen LogP contribution in [0.2, 0.25) is 0 Å². The molecule has 1 saturated heterocycles. The Kier molecular flexibility index (Phi) is 5.28. The summed E-state index contributed by atoms with van der Waals surface area (Å²) in [5, 5.41) is 12.4. The lowest BCUT2D eigenvalue weighted by atomic mass is 10.0. The molecule has 1 heterocycles. The monoisotopic (exact) mass is 346 g/mol. The van der Waals surface area contributed by atoms with E-state index in [1.54, 1.807) is 18.2 Å². The maximum absolute atomic E-state index is 13.3. The van der Waals surface area contributed by atoms with Crippen molar-refractivity contribution in [3.05, 3.63) is 65.2 Å². The van der Waals surface area contributed by atoms with Gasteiger partial charge in [0.25, 0.3) is 0 Å². The van der Waals surface area contributed by atoms with Gasteiger partial charge in [-0.3, -0.25) is 0 Å². The minimum atomic E-state index is -0.927. The predicted octanol–water partition coefficient (Wildman–Crippen LogP) is 3.42. The Hall–Kier alpha value is -2.47. The van der Waals surface area contributed by atoms with Crippen molar-refractivity contribution in [2.45, 2.75) is 25.4 Å². The first kappa shape index (κ1) is 17.4. The molecule has 0 aliphatic carbocycles. The number of rotatable bonds is 5. The zero-order valence-corrected chi connectivity index (χ0v) is 13.7.